The zero-order valence-corrected chi connectivity index (χ0v) is 12.3. The molecule has 1 heterocycles. The molecule has 2 rings (SSSR count). The lowest BCUT2D eigenvalue weighted by atomic mass is 10.1. The van der Waals surface area contributed by atoms with E-state index in [2.05, 4.69) is 16.7 Å². The second kappa shape index (κ2) is 8.01. The number of benzene rings is 1. The minimum atomic E-state index is 0.0550. The molecular formula is C16H22N2O3. The summed E-state index contributed by atoms with van der Waals surface area (Å²) in [7, 11) is 1.63. The number of aliphatic hydroxyl groups is 1. The second-order valence-corrected chi connectivity index (χ2v) is 4.92. The van der Waals surface area contributed by atoms with E-state index in [9.17, 15) is 5.11 Å². The normalized spacial score (nSPS) is 18.9. The number of nitrogens with two attached hydrogens (primary N) is 1. The number of rotatable bonds is 4. The van der Waals surface area contributed by atoms with Crippen LogP contribution >= 0.6 is 0 Å². The Kier molecular flexibility index (Phi) is 6.03. The molecule has 1 aliphatic heterocycles. The molecule has 0 aliphatic carbocycles. The first-order chi connectivity index (χ1) is 10.3. The topological polar surface area (TPSA) is 68.0 Å². The van der Waals surface area contributed by atoms with Gasteiger partial charge in [-0.25, -0.2) is 0 Å². The van der Waals surface area contributed by atoms with Crippen molar-refractivity contribution in [3.63, 3.8) is 0 Å². The average Bonchev–Trinajstić information content (AvgIpc) is 2.53. The van der Waals surface area contributed by atoms with Crippen molar-refractivity contribution in [3.8, 4) is 17.6 Å². The number of morpholine rings is 1. The Morgan fingerprint density at radius 3 is 3.10 bits per heavy atom. The van der Waals surface area contributed by atoms with Crippen molar-refractivity contribution in [2.75, 3.05) is 40.0 Å². The van der Waals surface area contributed by atoms with Crippen LogP contribution in [-0.2, 0) is 11.3 Å². The Hall–Kier alpha value is -1.58. The minimum Gasteiger partial charge on any atom is -0.495 e. The fourth-order valence-electron chi connectivity index (χ4n) is 2.40. The SMILES string of the molecule is COc1ccc(CN2CCOCC2CO)cc1C#CCN. The van der Waals surface area contributed by atoms with Gasteiger partial charge in [-0.3, -0.25) is 4.90 Å². The Balaban J connectivity index is 2.16. The molecule has 1 unspecified atom stereocenters. The highest BCUT2D eigenvalue weighted by atomic mass is 16.5. The van der Waals surface area contributed by atoms with Gasteiger partial charge in [-0.05, 0) is 17.7 Å². The molecule has 0 bridgehead atoms. The zero-order valence-electron chi connectivity index (χ0n) is 12.3. The summed E-state index contributed by atoms with van der Waals surface area (Å²) in [4.78, 5) is 2.23. The molecule has 0 spiro atoms. The van der Waals surface area contributed by atoms with Crippen LogP contribution in [0.3, 0.4) is 0 Å². The molecule has 0 amide bonds. The number of methoxy groups -OCH3 is 1. The van der Waals surface area contributed by atoms with Gasteiger partial charge >= 0.3 is 0 Å². The Bertz CT molecular complexity index is 522. The monoisotopic (exact) mass is 290 g/mol. The Morgan fingerprint density at radius 1 is 1.52 bits per heavy atom. The molecule has 0 saturated carbocycles. The van der Waals surface area contributed by atoms with E-state index in [1.807, 2.05) is 18.2 Å². The van der Waals surface area contributed by atoms with Gasteiger partial charge in [0, 0.05) is 13.1 Å². The third-order valence-electron chi connectivity index (χ3n) is 3.53. The van der Waals surface area contributed by atoms with Crippen LogP contribution in [0.4, 0.5) is 0 Å². The van der Waals surface area contributed by atoms with Crippen LogP contribution in [0.25, 0.3) is 0 Å². The van der Waals surface area contributed by atoms with Crippen LogP contribution in [0.2, 0.25) is 0 Å². The fourth-order valence-corrected chi connectivity index (χ4v) is 2.40. The largest absolute Gasteiger partial charge is 0.495 e. The smallest absolute Gasteiger partial charge is 0.134 e. The average molecular weight is 290 g/mol. The predicted molar refractivity (Wildman–Crippen MR) is 81.0 cm³/mol. The summed E-state index contributed by atoms with van der Waals surface area (Å²) in [6.07, 6.45) is 0. The fraction of sp³-hybridized carbons (Fsp3) is 0.500. The molecule has 1 aromatic carbocycles. The Labute approximate surface area is 125 Å². The lowest BCUT2D eigenvalue weighted by molar-refractivity contribution is -0.0312. The summed E-state index contributed by atoms with van der Waals surface area (Å²) >= 11 is 0. The zero-order chi connectivity index (χ0) is 15.1. The summed E-state index contributed by atoms with van der Waals surface area (Å²) in [5, 5.41) is 9.41. The molecule has 3 N–H and O–H groups in total. The van der Waals surface area contributed by atoms with Gasteiger partial charge in [-0.2, -0.15) is 0 Å². The third-order valence-corrected chi connectivity index (χ3v) is 3.53. The molecule has 1 atom stereocenters. The van der Waals surface area contributed by atoms with Crippen LogP contribution < -0.4 is 10.5 Å². The van der Waals surface area contributed by atoms with Gasteiger partial charge in [0.2, 0.25) is 0 Å². The van der Waals surface area contributed by atoms with E-state index in [4.69, 9.17) is 15.2 Å². The predicted octanol–water partition coefficient (Wildman–Crippen LogP) is 0.199. The van der Waals surface area contributed by atoms with E-state index < -0.39 is 0 Å². The van der Waals surface area contributed by atoms with Crippen LogP contribution in [-0.4, -0.2) is 56.1 Å². The molecule has 5 heteroatoms. The highest BCUT2D eigenvalue weighted by molar-refractivity contribution is 5.48. The van der Waals surface area contributed by atoms with Crippen molar-refractivity contribution in [3.05, 3.63) is 29.3 Å². The van der Waals surface area contributed by atoms with Gasteiger partial charge < -0.3 is 20.3 Å². The molecule has 21 heavy (non-hydrogen) atoms. The van der Waals surface area contributed by atoms with Gasteiger partial charge in [-0.15, -0.1) is 0 Å². The molecule has 5 nitrogen and oxygen atoms in total. The van der Waals surface area contributed by atoms with Crippen LogP contribution in [0.1, 0.15) is 11.1 Å². The van der Waals surface area contributed by atoms with Crippen molar-refractivity contribution in [1.82, 2.24) is 4.90 Å². The number of hydrogen-bond acceptors (Lipinski definition) is 5. The minimum absolute atomic E-state index is 0.0550. The van der Waals surface area contributed by atoms with Crippen LogP contribution in [0.5, 0.6) is 5.75 Å². The number of nitrogens with zero attached hydrogens (tertiary/aromatic N) is 1. The molecular weight excluding hydrogens is 268 g/mol. The number of hydrogen-bond donors (Lipinski definition) is 2. The van der Waals surface area contributed by atoms with E-state index in [1.165, 1.54) is 0 Å². The van der Waals surface area contributed by atoms with Crippen molar-refractivity contribution in [2.24, 2.45) is 5.73 Å². The standard InChI is InChI=1S/C16H22N2O3/c1-20-16-5-4-13(9-14(16)3-2-6-17)10-18-7-8-21-12-15(18)11-19/h4-5,9,15,19H,6-8,10-12,17H2,1H3. The van der Waals surface area contributed by atoms with E-state index in [1.54, 1.807) is 7.11 Å². The first-order valence-electron chi connectivity index (χ1n) is 7.07. The lowest BCUT2D eigenvalue weighted by Crippen LogP contribution is -2.46. The molecule has 114 valence electrons. The number of ether oxygens (including phenoxy) is 2. The highest BCUT2D eigenvalue weighted by Crippen LogP contribution is 2.21. The van der Waals surface area contributed by atoms with Gasteiger partial charge in [0.1, 0.15) is 5.75 Å². The van der Waals surface area contributed by atoms with Crippen LogP contribution in [0.15, 0.2) is 18.2 Å². The molecule has 1 aliphatic rings. The summed E-state index contributed by atoms with van der Waals surface area (Å²) in [5.41, 5.74) is 7.41. The maximum atomic E-state index is 9.41. The van der Waals surface area contributed by atoms with Gasteiger partial charge in [0.25, 0.3) is 0 Å². The molecule has 0 radical (unpaired) electrons. The van der Waals surface area contributed by atoms with E-state index in [-0.39, 0.29) is 12.6 Å². The second-order valence-electron chi connectivity index (χ2n) is 4.92. The summed E-state index contributed by atoms with van der Waals surface area (Å²) in [5.74, 6) is 6.64. The third kappa shape index (κ3) is 4.19. The molecule has 0 aromatic heterocycles. The van der Waals surface area contributed by atoms with E-state index in [0.29, 0.717) is 19.8 Å². The summed E-state index contributed by atoms with van der Waals surface area (Å²) in [6, 6.07) is 6.02. The molecule has 1 aromatic rings. The number of aliphatic hydroxyl groups excluding tert-OH is 1. The van der Waals surface area contributed by atoms with Gasteiger partial charge in [-0.1, -0.05) is 17.9 Å². The Morgan fingerprint density at radius 2 is 2.38 bits per heavy atom. The van der Waals surface area contributed by atoms with Gasteiger partial charge in [0.05, 0.1) is 45.1 Å². The van der Waals surface area contributed by atoms with Crippen molar-refractivity contribution in [2.45, 2.75) is 12.6 Å². The molecule has 1 fully saturated rings. The van der Waals surface area contributed by atoms with E-state index in [0.717, 1.165) is 30.0 Å². The maximum absolute atomic E-state index is 9.41. The van der Waals surface area contributed by atoms with Crippen LogP contribution in [0, 0.1) is 11.8 Å². The summed E-state index contributed by atoms with van der Waals surface area (Å²) < 4.78 is 10.7. The van der Waals surface area contributed by atoms with E-state index >= 15 is 0 Å². The lowest BCUT2D eigenvalue weighted by Gasteiger charge is -2.34. The van der Waals surface area contributed by atoms with Crippen molar-refractivity contribution < 1.29 is 14.6 Å². The highest BCUT2D eigenvalue weighted by Gasteiger charge is 2.22. The molecule has 1 saturated heterocycles. The summed E-state index contributed by atoms with van der Waals surface area (Å²) in [6.45, 7) is 3.29. The maximum Gasteiger partial charge on any atom is 0.134 e. The first kappa shape index (κ1) is 15.8. The van der Waals surface area contributed by atoms with Crippen molar-refractivity contribution >= 4 is 0 Å². The van der Waals surface area contributed by atoms with Gasteiger partial charge in [0.15, 0.2) is 0 Å². The quantitative estimate of drug-likeness (QED) is 0.775. The van der Waals surface area contributed by atoms with Crippen molar-refractivity contribution in [1.29, 1.82) is 0 Å². The first-order valence-corrected chi connectivity index (χ1v) is 7.07.